The van der Waals surface area contributed by atoms with Gasteiger partial charge in [-0.25, -0.2) is 4.79 Å². The lowest BCUT2D eigenvalue weighted by Gasteiger charge is -2.27. The van der Waals surface area contributed by atoms with Gasteiger partial charge in [-0.3, -0.25) is 4.79 Å². The fraction of sp³-hybridized carbons (Fsp3) is 0.333. The van der Waals surface area contributed by atoms with Crippen molar-refractivity contribution in [3.8, 4) is 0 Å². The number of carbonyl (C=O) groups is 2. The van der Waals surface area contributed by atoms with Crippen LogP contribution in [-0.4, -0.2) is 42.7 Å². The molecule has 2 aromatic rings. The maximum absolute atomic E-state index is 12.8. The molecule has 0 radical (unpaired) electrons. The molecule has 3 N–H and O–H groups in total. The van der Waals surface area contributed by atoms with Crippen molar-refractivity contribution in [2.24, 2.45) is 0 Å². The molecular formula is C21H25N3O3. The molecule has 0 saturated carbocycles. The van der Waals surface area contributed by atoms with E-state index in [0.29, 0.717) is 0 Å². The minimum Gasteiger partial charge on any atom is -0.480 e. The quantitative estimate of drug-likeness (QED) is 0.701. The van der Waals surface area contributed by atoms with Gasteiger partial charge in [0.05, 0.1) is 0 Å². The van der Waals surface area contributed by atoms with Crippen LogP contribution in [0.3, 0.4) is 0 Å². The number of benzene rings is 2. The summed E-state index contributed by atoms with van der Waals surface area (Å²) in [6, 6.07) is 16.0. The molecule has 1 aliphatic heterocycles. The third-order valence-electron chi connectivity index (χ3n) is 4.94. The van der Waals surface area contributed by atoms with E-state index in [0.717, 1.165) is 36.3 Å². The molecule has 2 aromatic carbocycles. The Hall–Kier alpha value is -3.02. The number of para-hydroxylation sites is 1. The maximum atomic E-state index is 12.8. The lowest BCUT2D eigenvalue weighted by Crippen LogP contribution is -2.50. The number of carboxylic acid groups (broad SMARTS) is 1. The lowest BCUT2D eigenvalue weighted by molar-refractivity contribution is -0.141. The van der Waals surface area contributed by atoms with Crippen LogP contribution in [0.4, 0.5) is 11.4 Å². The fourth-order valence-electron chi connectivity index (χ4n) is 3.48. The smallest absolute Gasteiger partial charge is 0.326 e. The van der Waals surface area contributed by atoms with Gasteiger partial charge in [0.15, 0.2) is 0 Å². The Labute approximate surface area is 159 Å². The second-order valence-electron chi connectivity index (χ2n) is 6.74. The second kappa shape index (κ2) is 8.58. The van der Waals surface area contributed by atoms with Crippen molar-refractivity contribution in [3.63, 3.8) is 0 Å². The van der Waals surface area contributed by atoms with E-state index in [9.17, 15) is 14.7 Å². The highest BCUT2D eigenvalue weighted by molar-refractivity contribution is 5.89. The van der Waals surface area contributed by atoms with Gasteiger partial charge in [0.25, 0.3) is 0 Å². The van der Waals surface area contributed by atoms with Crippen molar-refractivity contribution in [2.75, 3.05) is 23.8 Å². The molecule has 1 amide bonds. The van der Waals surface area contributed by atoms with Crippen LogP contribution < -0.4 is 15.5 Å². The molecule has 0 spiro atoms. The Morgan fingerprint density at radius 1 is 1.15 bits per heavy atom. The average Bonchev–Trinajstić information content (AvgIpc) is 3.18. The number of hydrogen-bond acceptors (Lipinski definition) is 4. The largest absolute Gasteiger partial charge is 0.480 e. The summed E-state index contributed by atoms with van der Waals surface area (Å²) in [7, 11) is 1.83. The van der Waals surface area contributed by atoms with Gasteiger partial charge < -0.3 is 20.6 Å². The Morgan fingerprint density at radius 3 is 2.48 bits per heavy atom. The van der Waals surface area contributed by atoms with Gasteiger partial charge >= 0.3 is 5.97 Å². The van der Waals surface area contributed by atoms with Gasteiger partial charge in [-0.15, -0.1) is 0 Å². The molecule has 0 bridgehead atoms. The fourth-order valence-corrected chi connectivity index (χ4v) is 3.48. The molecule has 6 heteroatoms. The standard InChI is InChI=1S/C21H25N3O3/c1-22-16-11-9-15(10-12-16)14-18(21(26)27)23-20(25)19-8-5-13-24(19)17-6-3-2-4-7-17/h2-4,6-7,9-12,18-19,22H,5,8,13-14H2,1H3,(H,23,25)(H,26,27). The van der Waals surface area contributed by atoms with Crippen molar-refractivity contribution in [3.05, 3.63) is 60.2 Å². The summed E-state index contributed by atoms with van der Waals surface area (Å²) in [6.45, 7) is 0.797. The first kappa shape index (κ1) is 18.8. The van der Waals surface area contributed by atoms with E-state index in [1.54, 1.807) is 0 Å². The highest BCUT2D eigenvalue weighted by Crippen LogP contribution is 2.25. The first-order valence-corrected chi connectivity index (χ1v) is 9.20. The zero-order valence-corrected chi connectivity index (χ0v) is 15.4. The normalized spacial score (nSPS) is 17.4. The summed E-state index contributed by atoms with van der Waals surface area (Å²) in [4.78, 5) is 26.5. The number of aliphatic carboxylic acids is 1. The molecule has 142 valence electrons. The molecule has 1 fully saturated rings. The number of anilines is 2. The van der Waals surface area contributed by atoms with Gasteiger partial charge in [-0.05, 0) is 42.7 Å². The van der Waals surface area contributed by atoms with E-state index in [-0.39, 0.29) is 18.4 Å². The highest BCUT2D eigenvalue weighted by atomic mass is 16.4. The van der Waals surface area contributed by atoms with Gasteiger partial charge in [-0.1, -0.05) is 30.3 Å². The monoisotopic (exact) mass is 367 g/mol. The summed E-state index contributed by atoms with van der Waals surface area (Å²) in [5.41, 5.74) is 2.82. The van der Waals surface area contributed by atoms with Gasteiger partial charge in [-0.2, -0.15) is 0 Å². The van der Waals surface area contributed by atoms with Crippen LogP contribution in [0.5, 0.6) is 0 Å². The molecular weight excluding hydrogens is 342 g/mol. The number of nitrogens with one attached hydrogen (secondary N) is 2. The number of nitrogens with zero attached hydrogens (tertiary/aromatic N) is 1. The van der Waals surface area contributed by atoms with Crippen LogP contribution in [-0.2, 0) is 16.0 Å². The maximum Gasteiger partial charge on any atom is 0.326 e. The zero-order chi connectivity index (χ0) is 19.2. The molecule has 0 aromatic heterocycles. The van der Waals surface area contributed by atoms with Crippen LogP contribution in [0.1, 0.15) is 18.4 Å². The highest BCUT2D eigenvalue weighted by Gasteiger charge is 2.33. The second-order valence-corrected chi connectivity index (χ2v) is 6.74. The number of hydrogen-bond donors (Lipinski definition) is 3. The summed E-state index contributed by atoms with van der Waals surface area (Å²) >= 11 is 0. The van der Waals surface area contributed by atoms with Gasteiger partial charge in [0, 0.05) is 31.4 Å². The SMILES string of the molecule is CNc1ccc(CC(NC(=O)C2CCCN2c2ccccc2)C(=O)O)cc1. The Morgan fingerprint density at radius 2 is 1.85 bits per heavy atom. The van der Waals surface area contributed by atoms with Crippen LogP contribution in [0.15, 0.2) is 54.6 Å². The number of rotatable bonds is 7. The minimum absolute atomic E-state index is 0.226. The molecule has 1 heterocycles. The number of carboxylic acids is 1. The minimum atomic E-state index is -1.02. The topological polar surface area (TPSA) is 81.7 Å². The van der Waals surface area contributed by atoms with Crippen molar-refractivity contribution >= 4 is 23.3 Å². The summed E-state index contributed by atoms with van der Waals surface area (Å²) in [5.74, 6) is -1.25. The molecule has 1 saturated heterocycles. The van der Waals surface area contributed by atoms with E-state index in [1.807, 2.05) is 61.6 Å². The molecule has 0 aliphatic carbocycles. The number of carbonyl (C=O) groups excluding carboxylic acids is 1. The van der Waals surface area contributed by atoms with E-state index in [2.05, 4.69) is 15.5 Å². The Kier molecular flexibility index (Phi) is 5.96. The summed E-state index contributed by atoms with van der Waals surface area (Å²) < 4.78 is 0. The van der Waals surface area contributed by atoms with E-state index >= 15 is 0 Å². The molecule has 1 aliphatic rings. The molecule has 2 atom stereocenters. The first-order valence-electron chi connectivity index (χ1n) is 9.20. The van der Waals surface area contributed by atoms with Crippen LogP contribution in [0.25, 0.3) is 0 Å². The number of amides is 1. The molecule has 6 nitrogen and oxygen atoms in total. The Balaban J connectivity index is 1.68. The molecule has 2 unspecified atom stereocenters. The predicted molar refractivity (Wildman–Crippen MR) is 106 cm³/mol. The van der Waals surface area contributed by atoms with E-state index in [4.69, 9.17) is 0 Å². The average molecular weight is 367 g/mol. The van der Waals surface area contributed by atoms with E-state index < -0.39 is 12.0 Å². The lowest BCUT2D eigenvalue weighted by atomic mass is 10.0. The summed E-state index contributed by atoms with van der Waals surface area (Å²) in [6.07, 6.45) is 1.89. The summed E-state index contributed by atoms with van der Waals surface area (Å²) in [5, 5.41) is 15.3. The van der Waals surface area contributed by atoms with Crippen LogP contribution >= 0.6 is 0 Å². The van der Waals surface area contributed by atoms with Crippen molar-refractivity contribution in [1.82, 2.24) is 5.32 Å². The molecule has 3 rings (SSSR count). The Bertz CT molecular complexity index is 777. The predicted octanol–water partition coefficient (Wildman–Crippen LogP) is 2.51. The van der Waals surface area contributed by atoms with E-state index in [1.165, 1.54) is 0 Å². The van der Waals surface area contributed by atoms with Gasteiger partial charge in [0.1, 0.15) is 12.1 Å². The third kappa shape index (κ3) is 4.58. The van der Waals surface area contributed by atoms with Crippen molar-refractivity contribution in [1.29, 1.82) is 0 Å². The first-order chi connectivity index (χ1) is 13.1. The van der Waals surface area contributed by atoms with Crippen molar-refractivity contribution < 1.29 is 14.7 Å². The third-order valence-corrected chi connectivity index (χ3v) is 4.94. The van der Waals surface area contributed by atoms with Crippen LogP contribution in [0.2, 0.25) is 0 Å². The van der Waals surface area contributed by atoms with Gasteiger partial charge in [0.2, 0.25) is 5.91 Å². The molecule has 27 heavy (non-hydrogen) atoms. The van der Waals surface area contributed by atoms with Crippen molar-refractivity contribution in [2.45, 2.75) is 31.3 Å². The zero-order valence-electron chi connectivity index (χ0n) is 15.4. The van der Waals surface area contributed by atoms with Crippen LogP contribution in [0, 0.1) is 0 Å².